The minimum Gasteiger partial charge on any atom is -0.460 e. The summed E-state index contributed by atoms with van der Waals surface area (Å²) < 4.78 is 34.5. The molecule has 49 heavy (non-hydrogen) atoms. The van der Waals surface area contributed by atoms with Crippen LogP contribution in [0.2, 0.25) is 0 Å². The molecule has 0 radical (unpaired) electrons. The van der Waals surface area contributed by atoms with Crippen molar-refractivity contribution >= 4 is 23.6 Å². The second-order valence-electron chi connectivity index (χ2n) is 14.5. The molecule has 0 N–H and O–H groups in total. The quantitative estimate of drug-likeness (QED) is 0.184. The summed E-state index contributed by atoms with van der Waals surface area (Å²) in [6.45, 7) is 13.7. The van der Waals surface area contributed by atoms with Crippen molar-refractivity contribution in [3.05, 3.63) is 108 Å². The van der Waals surface area contributed by atoms with Gasteiger partial charge in [-0.3, -0.25) is 9.59 Å². The molecule has 0 bridgehead atoms. The molecular formula is C41H45FN2O5. The zero-order valence-electron chi connectivity index (χ0n) is 29.3. The third kappa shape index (κ3) is 7.41. The van der Waals surface area contributed by atoms with Gasteiger partial charge >= 0.3 is 5.97 Å². The smallest absolute Gasteiger partial charge is 0.308 e. The predicted molar refractivity (Wildman–Crippen MR) is 191 cm³/mol. The lowest BCUT2D eigenvalue weighted by molar-refractivity contribution is -0.290. The third-order valence-corrected chi connectivity index (χ3v) is 8.69. The van der Waals surface area contributed by atoms with E-state index in [-0.39, 0.29) is 30.2 Å². The van der Waals surface area contributed by atoms with Gasteiger partial charge < -0.3 is 23.7 Å². The number of carbonyl (C=O) groups is 2. The molecule has 3 aromatic carbocycles. The predicted octanol–water partition coefficient (Wildman–Crippen LogP) is 9.36. The molecule has 0 saturated carbocycles. The first-order chi connectivity index (χ1) is 23.2. The Hall–Kier alpha value is -4.53. The number of hydrogen-bond acceptors (Lipinski definition) is 5. The van der Waals surface area contributed by atoms with Crippen LogP contribution < -0.4 is 4.90 Å². The van der Waals surface area contributed by atoms with Crippen LogP contribution in [0.4, 0.5) is 10.1 Å². The van der Waals surface area contributed by atoms with Crippen LogP contribution in [0.25, 0.3) is 28.3 Å². The van der Waals surface area contributed by atoms with Gasteiger partial charge in [-0.05, 0) is 95.5 Å². The molecule has 3 heterocycles. The molecule has 8 heteroatoms. The first-order valence-electron chi connectivity index (χ1n) is 17.0. The van der Waals surface area contributed by atoms with Crippen molar-refractivity contribution in [1.29, 1.82) is 0 Å². The zero-order chi connectivity index (χ0) is 35.1. The van der Waals surface area contributed by atoms with Gasteiger partial charge in [-0.15, -0.1) is 0 Å². The first kappa shape index (κ1) is 34.3. The van der Waals surface area contributed by atoms with Gasteiger partial charge in [0.2, 0.25) is 0 Å². The molecule has 2 unspecified atom stereocenters. The van der Waals surface area contributed by atoms with E-state index in [4.69, 9.17) is 14.2 Å². The lowest BCUT2D eigenvalue weighted by Gasteiger charge is -2.39. The number of aromatic nitrogens is 1. The fourth-order valence-corrected chi connectivity index (χ4v) is 6.94. The molecule has 0 aliphatic carbocycles. The Kier molecular flexibility index (Phi) is 9.40. The summed E-state index contributed by atoms with van der Waals surface area (Å²) in [4.78, 5) is 29.4. The molecule has 0 spiro atoms. The number of carbonyl (C=O) groups excluding carboxylic acids is 2. The highest BCUT2D eigenvalue weighted by molar-refractivity contribution is 6.14. The largest absolute Gasteiger partial charge is 0.460 e. The number of para-hydroxylation sites is 1. The van der Waals surface area contributed by atoms with E-state index in [0.717, 1.165) is 39.2 Å². The van der Waals surface area contributed by atoms with Crippen LogP contribution in [-0.2, 0) is 25.5 Å². The summed E-state index contributed by atoms with van der Waals surface area (Å²) in [5.41, 5.74) is 6.00. The molecule has 1 amide bonds. The number of amides is 1. The number of halogens is 1. The Balaban J connectivity index is 1.51. The SMILES string of the molecule is CC(C)n1c(C=CC2CC(CC(=O)OC(C)(C)C)OC(C)(C)O2)c(-c2ccc(F)cc2)c2c1C(=O)N(c1ccccc1)Cc1ccccc1-2. The van der Waals surface area contributed by atoms with Crippen molar-refractivity contribution in [3.63, 3.8) is 0 Å². The zero-order valence-corrected chi connectivity index (χ0v) is 29.3. The number of rotatable bonds is 7. The Morgan fingerprint density at radius 1 is 0.980 bits per heavy atom. The van der Waals surface area contributed by atoms with Gasteiger partial charge in [0.25, 0.3) is 5.91 Å². The number of benzene rings is 3. The molecular weight excluding hydrogens is 619 g/mol. The van der Waals surface area contributed by atoms with Crippen LogP contribution in [0.1, 0.15) is 89.1 Å². The van der Waals surface area contributed by atoms with E-state index in [1.807, 2.05) is 94.1 Å². The highest BCUT2D eigenvalue weighted by atomic mass is 19.1. The van der Waals surface area contributed by atoms with Crippen molar-refractivity contribution in [3.8, 4) is 22.3 Å². The maximum Gasteiger partial charge on any atom is 0.308 e. The monoisotopic (exact) mass is 664 g/mol. The summed E-state index contributed by atoms with van der Waals surface area (Å²) in [5, 5.41) is 0. The van der Waals surface area contributed by atoms with Gasteiger partial charge in [-0.25, -0.2) is 4.39 Å². The number of anilines is 1. The van der Waals surface area contributed by atoms with E-state index >= 15 is 0 Å². The number of fused-ring (bicyclic) bond motifs is 3. The molecule has 6 rings (SSSR count). The number of esters is 1. The number of ether oxygens (including phenoxy) is 3. The van der Waals surface area contributed by atoms with E-state index in [0.29, 0.717) is 18.7 Å². The van der Waals surface area contributed by atoms with Gasteiger partial charge in [0.05, 0.1) is 25.2 Å². The van der Waals surface area contributed by atoms with Gasteiger partial charge in [-0.1, -0.05) is 60.7 Å². The number of nitrogens with zero attached hydrogens (tertiary/aromatic N) is 2. The van der Waals surface area contributed by atoms with E-state index in [1.165, 1.54) is 12.1 Å². The van der Waals surface area contributed by atoms with E-state index in [2.05, 4.69) is 30.5 Å². The van der Waals surface area contributed by atoms with Crippen molar-refractivity contribution in [2.75, 3.05) is 4.90 Å². The Bertz CT molecular complexity index is 1870. The normalized spacial score (nSPS) is 19.1. The Morgan fingerprint density at radius 3 is 2.33 bits per heavy atom. The van der Waals surface area contributed by atoms with E-state index in [9.17, 15) is 14.0 Å². The molecule has 1 fully saturated rings. The highest BCUT2D eigenvalue weighted by Crippen LogP contribution is 2.46. The second-order valence-corrected chi connectivity index (χ2v) is 14.5. The van der Waals surface area contributed by atoms with Crippen LogP contribution in [0, 0.1) is 5.82 Å². The van der Waals surface area contributed by atoms with Crippen LogP contribution >= 0.6 is 0 Å². The fourth-order valence-electron chi connectivity index (χ4n) is 6.94. The van der Waals surface area contributed by atoms with Crippen LogP contribution in [0.3, 0.4) is 0 Å². The van der Waals surface area contributed by atoms with Crippen molar-refractivity contribution in [2.24, 2.45) is 0 Å². The van der Waals surface area contributed by atoms with Crippen LogP contribution in [-0.4, -0.2) is 40.0 Å². The molecule has 1 saturated heterocycles. The Labute approximate surface area is 288 Å². The number of hydrogen-bond donors (Lipinski definition) is 0. The third-order valence-electron chi connectivity index (χ3n) is 8.69. The summed E-state index contributed by atoms with van der Waals surface area (Å²) in [6.07, 6.45) is 3.73. The molecule has 4 aromatic rings. The standard InChI is InChI=1S/C41H45FN2O5/c1-26(2)44-34(22-21-31-23-32(48-41(6,7)47-31)24-35(45)49-40(3,4)5)36(27-17-19-29(42)20-18-27)37-33-16-12-11-13-28(33)25-43(39(46)38(37)44)30-14-9-8-10-15-30/h8-22,26,31-32H,23-25H2,1-7H3. The summed E-state index contributed by atoms with van der Waals surface area (Å²) >= 11 is 0. The molecule has 1 aromatic heterocycles. The van der Waals surface area contributed by atoms with Crippen molar-refractivity contribution in [1.82, 2.24) is 4.57 Å². The molecule has 256 valence electrons. The second kappa shape index (κ2) is 13.4. The highest BCUT2D eigenvalue weighted by Gasteiger charge is 2.38. The van der Waals surface area contributed by atoms with E-state index in [1.54, 1.807) is 12.1 Å². The van der Waals surface area contributed by atoms with Gasteiger partial charge in [0.15, 0.2) is 5.79 Å². The lowest BCUT2D eigenvalue weighted by atomic mass is 9.92. The average Bonchev–Trinajstić information content (AvgIpc) is 3.30. The van der Waals surface area contributed by atoms with Gasteiger partial charge in [0.1, 0.15) is 17.1 Å². The van der Waals surface area contributed by atoms with E-state index < -0.39 is 23.6 Å². The molecule has 2 atom stereocenters. The first-order valence-corrected chi connectivity index (χ1v) is 17.0. The minimum absolute atomic E-state index is 0.104. The minimum atomic E-state index is -0.942. The van der Waals surface area contributed by atoms with Crippen molar-refractivity contribution < 1.29 is 28.2 Å². The fraction of sp³-hybridized carbons (Fsp3) is 0.366. The lowest BCUT2D eigenvalue weighted by Crippen LogP contribution is -2.45. The molecule has 2 aliphatic heterocycles. The molecule has 2 aliphatic rings. The van der Waals surface area contributed by atoms with Crippen LogP contribution in [0.15, 0.2) is 84.9 Å². The average molecular weight is 665 g/mol. The topological polar surface area (TPSA) is 70.0 Å². The van der Waals surface area contributed by atoms with Crippen molar-refractivity contribution in [2.45, 2.75) is 97.5 Å². The van der Waals surface area contributed by atoms with Gasteiger partial charge in [-0.2, -0.15) is 0 Å². The molecule has 7 nitrogen and oxygen atoms in total. The maximum atomic E-state index is 14.9. The summed E-state index contributed by atoms with van der Waals surface area (Å²) in [6, 6.07) is 24.2. The Morgan fingerprint density at radius 2 is 1.65 bits per heavy atom. The summed E-state index contributed by atoms with van der Waals surface area (Å²) in [7, 11) is 0. The van der Waals surface area contributed by atoms with Gasteiger partial charge in [0, 0.05) is 35.0 Å². The summed E-state index contributed by atoms with van der Waals surface area (Å²) in [5.74, 6) is -1.72. The maximum absolute atomic E-state index is 14.9. The van der Waals surface area contributed by atoms with Crippen LogP contribution in [0.5, 0.6) is 0 Å².